The van der Waals surface area contributed by atoms with Crippen molar-refractivity contribution in [1.29, 1.82) is 0 Å². The molecule has 1 aliphatic carbocycles. The Bertz CT molecular complexity index is 393. The first-order chi connectivity index (χ1) is 9.69. The molecule has 0 radical (unpaired) electrons. The van der Waals surface area contributed by atoms with Crippen molar-refractivity contribution in [2.45, 2.75) is 44.6 Å². The van der Waals surface area contributed by atoms with Crippen LogP contribution in [0.2, 0.25) is 0 Å². The SMILES string of the molecule is O=C(C1CC(=O)N(C2CC2)C1)N1CCCC(CCO)C1. The van der Waals surface area contributed by atoms with Crippen LogP contribution in [-0.2, 0) is 9.59 Å². The molecular formula is C15H24N2O3. The molecule has 0 spiro atoms. The Labute approximate surface area is 119 Å². The third-order valence-electron chi connectivity index (χ3n) is 4.86. The van der Waals surface area contributed by atoms with Crippen molar-refractivity contribution in [1.82, 2.24) is 9.80 Å². The van der Waals surface area contributed by atoms with Crippen molar-refractivity contribution in [2.75, 3.05) is 26.2 Å². The van der Waals surface area contributed by atoms with Crippen LogP contribution in [0.25, 0.3) is 0 Å². The standard InChI is InChI=1S/C15H24N2O3/c18-7-5-11-2-1-6-16(9-11)15(20)12-8-14(19)17(10-12)13-3-4-13/h11-13,18H,1-10H2. The van der Waals surface area contributed by atoms with E-state index in [9.17, 15) is 9.59 Å². The number of rotatable bonds is 4. The first kappa shape index (κ1) is 13.9. The summed E-state index contributed by atoms with van der Waals surface area (Å²) >= 11 is 0. The average Bonchev–Trinajstić information content (AvgIpc) is 3.22. The summed E-state index contributed by atoms with van der Waals surface area (Å²) in [4.78, 5) is 28.4. The van der Waals surface area contributed by atoms with E-state index < -0.39 is 0 Å². The summed E-state index contributed by atoms with van der Waals surface area (Å²) in [5.74, 6) is 0.615. The molecule has 2 unspecified atom stereocenters. The fourth-order valence-corrected chi connectivity index (χ4v) is 3.58. The van der Waals surface area contributed by atoms with E-state index in [0.717, 1.165) is 45.2 Å². The van der Waals surface area contributed by atoms with Crippen molar-refractivity contribution in [3.63, 3.8) is 0 Å². The Balaban J connectivity index is 1.57. The predicted octanol–water partition coefficient (Wildman–Crippen LogP) is 0.618. The average molecular weight is 280 g/mol. The van der Waals surface area contributed by atoms with Gasteiger partial charge in [-0.1, -0.05) is 0 Å². The van der Waals surface area contributed by atoms with Gasteiger partial charge in [-0.2, -0.15) is 0 Å². The van der Waals surface area contributed by atoms with Gasteiger partial charge in [-0.25, -0.2) is 0 Å². The van der Waals surface area contributed by atoms with Crippen LogP contribution >= 0.6 is 0 Å². The van der Waals surface area contributed by atoms with Crippen molar-refractivity contribution in [3.05, 3.63) is 0 Å². The van der Waals surface area contributed by atoms with Gasteiger partial charge in [0.05, 0.1) is 5.92 Å². The summed E-state index contributed by atoms with van der Waals surface area (Å²) in [6.07, 6.45) is 5.51. The van der Waals surface area contributed by atoms with Gasteiger partial charge >= 0.3 is 0 Å². The van der Waals surface area contributed by atoms with Crippen LogP contribution in [-0.4, -0.2) is 59.0 Å². The molecule has 0 aromatic heterocycles. The fraction of sp³-hybridized carbons (Fsp3) is 0.867. The quantitative estimate of drug-likeness (QED) is 0.821. The zero-order valence-corrected chi connectivity index (χ0v) is 12.0. The van der Waals surface area contributed by atoms with E-state index in [0.29, 0.717) is 24.9 Å². The summed E-state index contributed by atoms with van der Waals surface area (Å²) < 4.78 is 0. The monoisotopic (exact) mass is 280 g/mol. The predicted molar refractivity (Wildman–Crippen MR) is 73.8 cm³/mol. The van der Waals surface area contributed by atoms with Crippen molar-refractivity contribution >= 4 is 11.8 Å². The molecule has 112 valence electrons. The maximum Gasteiger partial charge on any atom is 0.228 e. The van der Waals surface area contributed by atoms with Crippen LogP contribution in [0.5, 0.6) is 0 Å². The Morgan fingerprint density at radius 3 is 2.75 bits per heavy atom. The smallest absolute Gasteiger partial charge is 0.228 e. The topological polar surface area (TPSA) is 60.9 Å². The van der Waals surface area contributed by atoms with Gasteiger partial charge in [-0.15, -0.1) is 0 Å². The lowest BCUT2D eigenvalue weighted by atomic mass is 9.94. The summed E-state index contributed by atoms with van der Waals surface area (Å²) in [5.41, 5.74) is 0. The highest BCUT2D eigenvalue weighted by molar-refractivity contribution is 5.89. The lowest BCUT2D eigenvalue weighted by Gasteiger charge is -2.34. The molecule has 2 aliphatic heterocycles. The molecule has 3 aliphatic rings. The largest absolute Gasteiger partial charge is 0.396 e. The molecule has 0 aromatic carbocycles. The van der Waals surface area contributed by atoms with Crippen LogP contribution in [0.15, 0.2) is 0 Å². The van der Waals surface area contributed by atoms with Gasteiger partial charge in [0.15, 0.2) is 0 Å². The van der Waals surface area contributed by atoms with E-state index in [1.54, 1.807) is 0 Å². The molecule has 0 aromatic rings. The zero-order chi connectivity index (χ0) is 14.1. The first-order valence-electron chi connectivity index (χ1n) is 7.88. The molecule has 20 heavy (non-hydrogen) atoms. The Hall–Kier alpha value is -1.10. The van der Waals surface area contributed by atoms with E-state index in [2.05, 4.69) is 0 Å². The first-order valence-corrected chi connectivity index (χ1v) is 7.88. The van der Waals surface area contributed by atoms with E-state index in [4.69, 9.17) is 5.11 Å². The number of hydrogen-bond donors (Lipinski definition) is 1. The summed E-state index contributed by atoms with van der Waals surface area (Å²) in [6, 6.07) is 0.420. The normalized spacial score (nSPS) is 30.9. The second kappa shape index (κ2) is 5.72. The number of likely N-dealkylation sites (tertiary alicyclic amines) is 2. The molecule has 3 rings (SSSR count). The van der Waals surface area contributed by atoms with Gasteiger partial charge in [-0.3, -0.25) is 9.59 Å². The molecular weight excluding hydrogens is 256 g/mol. The number of piperidine rings is 1. The van der Waals surface area contributed by atoms with E-state index >= 15 is 0 Å². The summed E-state index contributed by atoms with van der Waals surface area (Å²) in [7, 11) is 0. The van der Waals surface area contributed by atoms with Crippen molar-refractivity contribution < 1.29 is 14.7 Å². The van der Waals surface area contributed by atoms with Gasteiger partial charge < -0.3 is 14.9 Å². The van der Waals surface area contributed by atoms with Crippen molar-refractivity contribution in [3.8, 4) is 0 Å². The number of carbonyl (C=O) groups is 2. The molecule has 1 saturated carbocycles. The number of amides is 2. The minimum atomic E-state index is -0.129. The zero-order valence-electron chi connectivity index (χ0n) is 12.0. The third kappa shape index (κ3) is 2.82. The highest BCUT2D eigenvalue weighted by Gasteiger charge is 2.43. The fourth-order valence-electron chi connectivity index (χ4n) is 3.58. The molecule has 2 heterocycles. The van der Waals surface area contributed by atoms with Gasteiger partial charge in [0, 0.05) is 38.7 Å². The Kier molecular flexibility index (Phi) is 3.96. The minimum Gasteiger partial charge on any atom is -0.396 e. The van der Waals surface area contributed by atoms with E-state index in [-0.39, 0.29) is 24.3 Å². The molecule has 2 saturated heterocycles. The van der Waals surface area contributed by atoms with Crippen LogP contribution in [0, 0.1) is 11.8 Å². The molecule has 2 atom stereocenters. The van der Waals surface area contributed by atoms with Crippen LogP contribution in [0.3, 0.4) is 0 Å². The number of carbonyl (C=O) groups excluding carboxylic acids is 2. The summed E-state index contributed by atoms with van der Waals surface area (Å²) in [5, 5.41) is 9.04. The summed E-state index contributed by atoms with van der Waals surface area (Å²) in [6.45, 7) is 2.40. The highest BCUT2D eigenvalue weighted by Crippen LogP contribution is 2.33. The highest BCUT2D eigenvalue weighted by atomic mass is 16.3. The maximum atomic E-state index is 12.6. The van der Waals surface area contributed by atoms with Gasteiger partial charge in [0.2, 0.25) is 11.8 Å². The maximum absolute atomic E-state index is 12.6. The van der Waals surface area contributed by atoms with Gasteiger partial charge in [0.25, 0.3) is 0 Å². The third-order valence-corrected chi connectivity index (χ3v) is 4.86. The second-order valence-electron chi connectivity index (χ2n) is 6.48. The molecule has 0 bridgehead atoms. The number of nitrogens with zero attached hydrogens (tertiary/aromatic N) is 2. The van der Waals surface area contributed by atoms with Gasteiger partial charge in [-0.05, 0) is 38.0 Å². The van der Waals surface area contributed by atoms with E-state index in [1.165, 1.54) is 0 Å². The molecule has 2 amide bonds. The molecule has 5 heteroatoms. The van der Waals surface area contributed by atoms with Crippen molar-refractivity contribution in [2.24, 2.45) is 11.8 Å². The number of aliphatic hydroxyl groups excluding tert-OH is 1. The van der Waals surface area contributed by atoms with E-state index in [1.807, 2.05) is 9.80 Å². The number of aliphatic hydroxyl groups is 1. The van der Waals surface area contributed by atoms with Crippen LogP contribution < -0.4 is 0 Å². The Morgan fingerprint density at radius 2 is 2.05 bits per heavy atom. The van der Waals surface area contributed by atoms with Gasteiger partial charge in [0.1, 0.15) is 0 Å². The molecule has 5 nitrogen and oxygen atoms in total. The lowest BCUT2D eigenvalue weighted by molar-refractivity contribution is -0.137. The second-order valence-corrected chi connectivity index (χ2v) is 6.48. The number of hydrogen-bond acceptors (Lipinski definition) is 3. The lowest BCUT2D eigenvalue weighted by Crippen LogP contribution is -2.43. The Morgan fingerprint density at radius 1 is 1.25 bits per heavy atom. The minimum absolute atomic E-state index is 0.129. The molecule has 1 N–H and O–H groups in total. The van der Waals surface area contributed by atoms with Crippen LogP contribution in [0.4, 0.5) is 0 Å². The molecule has 3 fully saturated rings. The van der Waals surface area contributed by atoms with Crippen LogP contribution in [0.1, 0.15) is 38.5 Å².